The van der Waals surface area contributed by atoms with Crippen LogP contribution in [0, 0.1) is 0 Å². The standard InChI is InChI=1S/C11H24N2/c1-3-5-7-8-10-11(13-12)9-6-4-2/h4,11,13H,2-3,5-10,12H2,1H3. The SMILES string of the molecule is C=CCCC(CCCCCC)NN. The van der Waals surface area contributed by atoms with Gasteiger partial charge in [0.25, 0.3) is 0 Å². The van der Waals surface area contributed by atoms with E-state index < -0.39 is 0 Å². The minimum Gasteiger partial charge on any atom is -0.271 e. The third kappa shape index (κ3) is 8.00. The van der Waals surface area contributed by atoms with Gasteiger partial charge in [-0.25, -0.2) is 0 Å². The molecule has 2 nitrogen and oxygen atoms in total. The van der Waals surface area contributed by atoms with Crippen LogP contribution >= 0.6 is 0 Å². The third-order valence-electron chi connectivity index (χ3n) is 2.36. The van der Waals surface area contributed by atoms with Crippen molar-refractivity contribution in [3.05, 3.63) is 12.7 Å². The lowest BCUT2D eigenvalue weighted by atomic mass is 10.0. The Bertz CT molecular complexity index is 113. The molecule has 0 amide bonds. The molecule has 0 rings (SSSR count). The topological polar surface area (TPSA) is 38.0 Å². The fraction of sp³-hybridized carbons (Fsp3) is 0.818. The highest BCUT2D eigenvalue weighted by Crippen LogP contribution is 2.08. The quantitative estimate of drug-likeness (QED) is 0.250. The zero-order chi connectivity index (χ0) is 9.94. The summed E-state index contributed by atoms with van der Waals surface area (Å²) in [4.78, 5) is 0. The van der Waals surface area contributed by atoms with Gasteiger partial charge < -0.3 is 0 Å². The van der Waals surface area contributed by atoms with Gasteiger partial charge in [0, 0.05) is 6.04 Å². The average molecular weight is 184 g/mol. The first-order chi connectivity index (χ1) is 6.35. The van der Waals surface area contributed by atoms with Crippen LogP contribution in [0.4, 0.5) is 0 Å². The summed E-state index contributed by atoms with van der Waals surface area (Å²) in [7, 11) is 0. The number of nitrogens with two attached hydrogens (primary N) is 1. The molecule has 0 bridgehead atoms. The molecule has 0 aromatic heterocycles. The minimum absolute atomic E-state index is 0.481. The smallest absolute Gasteiger partial charge is 0.0213 e. The lowest BCUT2D eigenvalue weighted by molar-refractivity contribution is 0.443. The van der Waals surface area contributed by atoms with Crippen LogP contribution < -0.4 is 11.3 Å². The van der Waals surface area contributed by atoms with Gasteiger partial charge in [0.05, 0.1) is 0 Å². The van der Waals surface area contributed by atoms with Crippen molar-refractivity contribution in [2.24, 2.45) is 5.84 Å². The molecule has 0 aromatic carbocycles. The molecule has 0 aliphatic rings. The minimum atomic E-state index is 0.481. The van der Waals surface area contributed by atoms with E-state index in [9.17, 15) is 0 Å². The molecule has 2 heteroatoms. The van der Waals surface area contributed by atoms with Gasteiger partial charge in [-0.15, -0.1) is 6.58 Å². The largest absolute Gasteiger partial charge is 0.271 e. The normalized spacial score (nSPS) is 12.8. The molecule has 0 aromatic rings. The Morgan fingerprint density at radius 3 is 2.62 bits per heavy atom. The Labute approximate surface area is 82.6 Å². The van der Waals surface area contributed by atoms with Crippen LogP contribution in [0.1, 0.15) is 51.9 Å². The molecule has 0 aliphatic carbocycles. The molecule has 0 heterocycles. The summed E-state index contributed by atoms with van der Waals surface area (Å²) in [6, 6.07) is 0.481. The lowest BCUT2D eigenvalue weighted by Crippen LogP contribution is -2.34. The van der Waals surface area contributed by atoms with E-state index in [2.05, 4.69) is 18.9 Å². The van der Waals surface area contributed by atoms with Gasteiger partial charge in [0.15, 0.2) is 0 Å². The average Bonchev–Trinajstić information content (AvgIpc) is 2.17. The summed E-state index contributed by atoms with van der Waals surface area (Å²) in [5.74, 6) is 5.44. The zero-order valence-electron chi connectivity index (χ0n) is 8.89. The van der Waals surface area contributed by atoms with E-state index in [1.54, 1.807) is 0 Å². The van der Waals surface area contributed by atoms with Crippen LogP contribution in [0.3, 0.4) is 0 Å². The van der Waals surface area contributed by atoms with Crippen molar-refractivity contribution in [2.75, 3.05) is 0 Å². The van der Waals surface area contributed by atoms with Crippen molar-refractivity contribution in [1.82, 2.24) is 5.43 Å². The van der Waals surface area contributed by atoms with Crippen molar-refractivity contribution in [3.8, 4) is 0 Å². The Kier molecular flexibility index (Phi) is 9.49. The van der Waals surface area contributed by atoms with Crippen molar-refractivity contribution >= 4 is 0 Å². The van der Waals surface area contributed by atoms with E-state index in [1.165, 1.54) is 32.1 Å². The number of hydrogen-bond donors (Lipinski definition) is 2. The number of unbranched alkanes of at least 4 members (excludes halogenated alkanes) is 3. The Hall–Kier alpha value is -0.340. The predicted molar refractivity (Wildman–Crippen MR) is 59.3 cm³/mol. The van der Waals surface area contributed by atoms with Gasteiger partial charge in [-0.2, -0.15) is 0 Å². The van der Waals surface area contributed by atoms with Crippen LogP contribution in [-0.2, 0) is 0 Å². The van der Waals surface area contributed by atoms with Gasteiger partial charge in [0.1, 0.15) is 0 Å². The van der Waals surface area contributed by atoms with E-state index in [0.717, 1.165) is 12.8 Å². The van der Waals surface area contributed by atoms with Crippen LogP contribution in [0.5, 0.6) is 0 Å². The fourth-order valence-corrected chi connectivity index (χ4v) is 1.45. The Morgan fingerprint density at radius 2 is 2.08 bits per heavy atom. The highest BCUT2D eigenvalue weighted by atomic mass is 15.2. The van der Waals surface area contributed by atoms with E-state index in [-0.39, 0.29) is 0 Å². The Morgan fingerprint density at radius 1 is 1.31 bits per heavy atom. The molecule has 78 valence electrons. The first kappa shape index (κ1) is 12.7. The summed E-state index contributed by atoms with van der Waals surface area (Å²) >= 11 is 0. The maximum atomic E-state index is 5.44. The molecule has 0 radical (unpaired) electrons. The first-order valence-electron chi connectivity index (χ1n) is 5.42. The molecule has 3 N–H and O–H groups in total. The number of allylic oxidation sites excluding steroid dienone is 1. The molecular weight excluding hydrogens is 160 g/mol. The van der Waals surface area contributed by atoms with Gasteiger partial charge in [-0.05, 0) is 19.3 Å². The molecule has 0 saturated carbocycles. The van der Waals surface area contributed by atoms with Gasteiger partial charge in [0.2, 0.25) is 0 Å². The molecule has 0 spiro atoms. The van der Waals surface area contributed by atoms with Crippen LogP contribution in [0.2, 0.25) is 0 Å². The lowest BCUT2D eigenvalue weighted by Gasteiger charge is -2.14. The molecule has 0 fully saturated rings. The molecule has 1 atom stereocenters. The number of rotatable bonds is 9. The van der Waals surface area contributed by atoms with Crippen LogP contribution in [0.15, 0.2) is 12.7 Å². The maximum Gasteiger partial charge on any atom is 0.0213 e. The second-order valence-electron chi connectivity index (χ2n) is 3.58. The van der Waals surface area contributed by atoms with E-state index >= 15 is 0 Å². The number of hydrazine groups is 1. The van der Waals surface area contributed by atoms with Gasteiger partial charge >= 0.3 is 0 Å². The van der Waals surface area contributed by atoms with Crippen molar-refractivity contribution in [2.45, 2.75) is 57.9 Å². The highest BCUT2D eigenvalue weighted by molar-refractivity contribution is 4.72. The molecule has 13 heavy (non-hydrogen) atoms. The number of hydrogen-bond acceptors (Lipinski definition) is 2. The van der Waals surface area contributed by atoms with E-state index in [4.69, 9.17) is 5.84 Å². The van der Waals surface area contributed by atoms with Crippen molar-refractivity contribution in [3.63, 3.8) is 0 Å². The monoisotopic (exact) mass is 184 g/mol. The van der Waals surface area contributed by atoms with Gasteiger partial charge in [-0.1, -0.05) is 38.7 Å². The first-order valence-corrected chi connectivity index (χ1v) is 5.42. The van der Waals surface area contributed by atoms with E-state index in [1.807, 2.05) is 6.08 Å². The summed E-state index contributed by atoms with van der Waals surface area (Å²) in [5, 5.41) is 0. The Balaban J connectivity index is 3.30. The van der Waals surface area contributed by atoms with Crippen molar-refractivity contribution < 1.29 is 0 Å². The summed E-state index contributed by atoms with van der Waals surface area (Å²) in [5.41, 5.74) is 2.87. The third-order valence-corrected chi connectivity index (χ3v) is 2.36. The van der Waals surface area contributed by atoms with E-state index in [0.29, 0.717) is 6.04 Å². The number of nitrogens with one attached hydrogen (secondary N) is 1. The molecule has 1 unspecified atom stereocenters. The second kappa shape index (κ2) is 9.75. The molecule has 0 saturated heterocycles. The maximum absolute atomic E-state index is 5.44. The highest BCUT2D eigenvalue weighted by Gasteiger charge is 2.03. The van der Waals surface area contributed by atoms with Crippen LogP contribution in [0.25, 0.3) is 0 Å². The zero-order valence-corrected chi connectivity index (χ0v) is 8.89. The molecule has 0 aliphatic heterocycles. The van der Waals surface area contributed by atoms with Crippen LogP contribution in [-0.4, -0.2) is 6.04 Å². The predicted octanol–water partition coefficient (Wildman–Crippen LogP) is 2.75. The summed E-state index contributed by atoms with van der Waals surface area (Å²) in [6.45, 7) is 5.94. The van der Waals surface area contributed by atoms with Crippen molar-refractivity contribution in [1.29, 1.82) is 0 Å². The summed E-state index contributed by atoms with van der Waals surface area (Å²) in [6.07, 6.45) is 10.6. The summed E-state index contributed by atoms with van der Waals surface area (Å²) < 4.78 is 0. The fourth-order valence-electron chi connectivity index (χ4n) is 1.45. The van der Waals surface area contributed by atoms with Gasteiger partial charge in [-0.3, -0.25) is 11.3 Å². The second-order valence-corrected chi connectivity index (χ2v) is 3.58. The molecular formula is C11H24N2.